The van der Waals surface area contributed by atoms with Gasteiger partial charge in [-0.1, -0.05) is 29.3 Å². The Hall–Kier alpha value is -0.860. The summed E-state index contributed by atoms with van der Waals surface area (Å²) in [7, 11) is 0. The maximum Gasteiger partial charge on any atom is 0.131 e. The second kappa shape index (κ2) is 5.46. The largest absolute Gasteiger partial charge is 0.316 e. The number of hydrogen-bond donors (Lipinski definition) is 1. The SMILES string of the molecule is Fc1cc(Cl)ccc1/C=C1/CCCNCC1. The zero-order chi connectivity index (χ0) is 11.4. The van der Waals surface area contributed by atoms with Gasteiger partial charge in [-0.25, -0.2) is 4.39 Å². The summed E-state index contributed by atoms with van der Waals surface area (Å²) in [6.07, 6.45) is 5.14. The summed E-state index contributed by atoms with van der Waals surface area (Å²) < 4.78 is 13.6. The molecule has 16 heavy (non-hydrogen) atoms. The maximum atomic E-state index is 13.6. The van der Waals surface area contributed by atoms with Gasteiger partial charge in [0.1, 0.15) is 5.82 Å². The summed E-state index contributed by atoms with van der Waals surface area (Å²) in [6, 6.07) is 4.83. The van der Waals surface area contributed by atoms with Gasteiger partial charge in [0, 0.05) is 10.6 Å². The van der Waals surface area contributed by atoms with E-state index >= 15 is 0 Å². The average molecular weight is 240 g/mol. The first-order chi connectivity index (χ1) is 7.75. The van der Waals surface area contributed by atoms with Crippen molar-refractivity contribution < 1.29 is 4.39 Å². The lowest BCUT2D eigenvalue weighted by molar-refractivity contribution is 0.625. The lowest BCUT2D eigenvalue weighted by Crippen LogP contribution is -2.13. The van der Waals surface area contributed by atoms with E-state index in [9.17, 15) is 4.39 Å². The van der Waals surface area contributed by atoms with Gasteiger partial charge in [-0.05, 0) is 44.5 Å². The number of nitrogens with one attached hydrogen (secondary N) is 1. The van der Waals surface area contributed by atoms with Crippen LogP contribution in [0.1, 0.15) is 24.8 Å². The summed E-state index contributed by atoms with van der Waals surface area (Å²) in [5.74, 6) is -0.239. The monoisotopic (exact) mass is 239 g/mol. The number of rotatable bonds is 1. The van der Waals surface area contributed by atoms with Crippen LogP contribution in [-0.2, 0) is 0 Å². The van der Waals surface area contributed by atoms with Gasteiger partial charge in [0.25, 0.3) is 0 Å². The molecule has 1 saturated heterocycles. The molecule has 2 rings (SSSR count). The normalized spacial score (nSPS) is 19.8. The third-order valence-corrected chi connectivity index (χ3v) is 3.03. The Morgan fingerprint density at radius 3 is 2.94 bits per heavy atom. The zero-order valence-corrected chi connectivity index (χ0v) is 9.86. The van der Waals surface area contributed by atoms with E-state index in [4.69, 9.17) is 11.6 Å². The van der Waals surface area contributed by atoms with E-state index < -0.39 is 0 Å². The standard InChI is InChI=1S/C13H15ClFN/c14-12-4-3-11(13(15)9-12)8-10-2-1-6-16-7-5-10/h3-4,8-9,16H,1-2,5-7H2/b10-8-. The van der Waals surface area contributed by atoms with Crippen LogP contribution in [0.2, 0.25) is 5.02 Å². The molecule has 0 aromatic heterocycles. The fourth-order valence-electron chi connectivity index (χ4n) is 1.92. The van der Waals surface area contributed by atoms with Crippen molar-refractivity contribution in [3.8, 4) is 0 Å². The van der Waals surface area contributed by atoms with Crippen LogP contribution in [0.25, 0.3) is 6.08 Å². The van der Waals surface area contributed by atoms with Gasteiger partial charge < -0.3 is 5.32 Å². The van der Waals surface area contributed by atoms with Crippen LogP contribution < -0.4 is 5.32 Å². The van der Waals surface area contributed by atoms with E-state index in [0.29, 0.717) is 10.6 Å². The molecule has 1 aromatic carbocycles. The van der Waals surface area contributed by atoms with E-state index in [0.717, 1.165) is 32.4 Å². The Bertz CT molecular complexity index is 391. The average Bonchev–Trinajstić information content (AvgIpc) is 2.51. The molecule has 0 atom stereocenters. The van der Waals surface area contributed by atoms with Crippen molar-refractivity contribution in [2.24, 2.45) is 0 Å². The van der Waals surface area contributed by atoms with Gasteiger partial charge in [-0.2, -0.15) is 0 Å². The van der Waals surface area contributed by atoms with E-state index in [-0.39, 0.29) is 5.82 Å². The summed E-state index contributed by atoms with van der Waals surface area (Å²) >= 11 is 5.72. The molecule has 1 aromatic rings. The van der Waals surface area contributed by atoms with Gasteiger partial charge in [0.05, 0.1) is 0 Å². The molecule has 1 nitrogen and oxygen atoms in total. The topological polar surface area (TPSA) is 12.0 Å². The third-order valence-electron chi connectivity index (χ3n) is 2.80. The summed E-state index contributed by atoms with van der Waals surface area (Å²) in [4.78, 5) is 0. The molecule has 1 heterocycles. The van der Waals surface area contributed by atoms with Crippen LogP contribution in [0.3, 0.4) is 0 Å². The van der Waals surface area contributed by atoms with Crippen LogP contribution >= 0.6 is 11.6 Å². The Labute approximate surface area is 100 Å². The van der Waals surface area contributed by atoms with Gasteiger partial charge in [-0.3, -0.25) is 0 Å². The Kier molecular flexibility index (Phi) is 3.97. The first kappa shape index (κ1) is 11.6. The van der Waals surface area contributed by atoms with Crippen LogP contribution in [0.5, 0.6) is 0 Å². The highest BCUT2D eigenvalue weighted by atomic mass is 35.5. The second-order valence-electron chi connectivity index (χ2n) is 4.07. The molecule has 1 fully saturated rings. The van der Waals surface area contributed by atoms with Gasteiger partial charge in [0.2, 0.25) is 0 Å². The predicted octanol–water partition coefficient (Wildman–Crippen LogP) is 3.64. The minimum absolute atomic E-state index is 0.239. The summed E-state index contributed by atoms with van der Waals surface area (Å²) in [6.45, 7) is 2.04. The van der Waals surface area contributed by atoms with Crippen LogP contribution in [0.15, 0.2) is 23.8 Å². The van der Waals surface area contributed by atoms with E-state index in [1.165, 1.54) is 11.6 Å². The molecule has 0 aliphatic carbocycles. The van der Waals surface area contributed by atoms with E-state index in [2.05, 4.69) is 5.32 Å². The molecule has 1 aliphatic rings. The molecule has 1 aliphatic heterocycles. The van der Waals surface area contributed by atoms with E-state index in [1.807, 2.05) is 6.08 Å². The molecular formula is C13H15ClFN. The van der Waals surface area contributed by atoms with Crippen molar-refractivity contribution in [3.05, 3.63) is 40.2 Å². The molecule has 3 heteroatoms. The highest BCUT2D eigenvalue weighted by Gasteiger charge is 2.06. The lowest BCUT2D eigenvalue weighted by Gasteiger charge is -2.03. The molecular weight excluding hydrogens is 225 g/mol. The highest BCUT2D eigenvalue weighted by Crippen LogP contribution is 2.20. The fraction of sp³-hybridized carbons (Fsp3) is 0.385. The minimum atomic E-state index is -0.239. The van der Waals surface area contributed by atoms with Gasteiger partial charge in [-0.15, -0.1) is 0 Å². The van der Waals surface area contributed by atoms with E-state index in [1.54, 1.807) is 12.1 Å². The quantitative estimate of drug-likeness (QED) is 0.789. The fourth-order valence-corrected chi connectivity index (χ4v) is 2.08. The highest BCUT2D eigenvalue weighted by molar-refractivity contribution is 6.30. The maximum absolute atomic E-state index is 13.6. The van der Waals surface area contributed by atoms with Crippen LogP contribution in [-0.4, -0.2) is 13.1 Å². The van der Waals surface area contributed by atoms with Crippen molar-refractivity contribution in [2.45, 2.75) is 19.3 Å². The molecule has 0 radical (unpaired) electrons. The predicted molar refractivity (Wildman–Crippen MR) is 66.1 cm³/mol. The second-order valence-corrected chi connectivity index (χ2v) is 4.51. The van der Waals surface area contributed by atoms with Crippen molar-refractivity contribution in [2.75, 3.05) is 13.1 Å². The van der Waals surface area contributed by atoms with Crippen LogP contribution in [0.4, 0.5) is 4.39 Å². The summed E-state index contributed by atoms with van der Waals surface area (Å²) in [5, 5.41) is 3.78. The molecule has 0 saturated carbocycles. The van der Waals surface area contributed by atoms with Crippen molar-refractivity contribution in [3.63, 3.8) is 0 Å². The smallest absolute Gasteiger partial charge is 0.131 e. The number of benzene rings is 1. The summed E-state index contributed by atoms with van der Waals surface area (Å²) in [5.41, 5.74) is 1.95. The Balaban J connectivity index is 2.20. The van der Waals surface area contributed by atoms with Gasteiger partial charge in [0.15, 0.2) is 0 Å². The number of halogens is 2. The molecule has 1 N–H and O–H groups in total. The Morgan fingerprint density at radius 2 is 2.12 bits per heavy atom. The number of hydrogen-bond acceptors (Lipinski definition) is 1. The third kappa shape index (κ3) is 3.06. The van der Waals surface area contributed by atoms with Crippen molar-refractivity contribution in [1.29, 1.82) is 0 Å². The zero-order valence-electron chi connectivity index (χ0n) is 9.10. The van der Waals surface area contributed by atoms with Crippen molar-refractivity contribution >= 4 is 17.7 Å². The lowest BCUT2D eigenvalue weighted by atomic mass is 10.0. The minimum Gasteiger partial charge on any atom is -0.316 e. The molecule has 0 amide bonds. The first-order valence-electron chi connectivity index (χ1n) is 5.61. The molecule has 0 unspecified atom stereocenters. The van der Waals surface area contributed by atoms with Gasteiger partial charge >= 0.3 is 0 Å². The molecule has 0 bridgehead atoms. The Morgan fingerprint density at radius 1 is 1.25 bits per heavy atom. The van der Waals surface area contributed by atoms with Crippen molar-refractivity contribution in [1.82, 2.24) is 5.32 Å². The first-order valence-corrected chi connectivity index (χ1v) is 5.99. The van der Waals surface area contributed by atoms with Crippen LogP contribution in [0, 0.1) is 5.82 Å². The molecule has 0 spiro atoms. The molecule has 86 valence electrons.